The second-order valence-electron chi connectivity index (χ2n) is 8.51. The van der Waals surface area contributed by atoms with Crippen molar-refractivity contribution in [1.82, 2.24) is 14.8 Å². The molecule has 10 heteroatoms. The fraction of sp³-hybridized carbons (Fsp3) is 0.409. The highest BCUT2D eigenvalue weighted by Gasteiger charge is 2.59. The Hall–Kier alpha value is -3.17. The second-order valence-corrected chi connectivity index (χ2v) is 8.51. The van der Waals surface area contributed by atoms with Gasteiger partial charge in [0.15, 0.2) is 0 Å². The monoisotopic (exact) mass is 448 g/mol. The van der Waals surface area contributed by atoms with Gasteiger partial charge in [-0.05, 0) is 54.9 Å². The Morgan fingerprint density at radius 2 is 2.00 bits per heavy atom. The van der Waals surface area contributed by atoms with Crippen LogP contribution in [0.1, 0.15) is 19.8 Å². The zero-order valence-corrected chi connectivity index (χ0v) is 17.0. The van der Waals surface area contributed by atoms with Crippen molar-refractivity contribution in [2.45, 2.75) is 32.2 Å². The van der Waals surface area contributed by atoms with Crippen molar-refractivity contribution in [3.05, 3.63) is 48.7 Å². The van der Waals surface area contributed by atoms with E-state index in [4.69, 9.17) is 4.74 Å². The number of hydrogen-bond acceptors (Lipinski definition) is 4. The number of pyridine rings is 1. The molecule has 168 valence electrons. The third-order valence-electron chi connectivity index (χ3n) is 6.53. The summed E-state index contributed by atoms with van der Waals surface area (Å²) >= 11 is 0. The number of ether oxygens (including phenoxy) is 1. The van der Waals surface area contributed by atoms with Crippen LogP contribution in [0.4, 0.5) is 23.2 Å². The van der Waals surface area contributed by atoms with Crippen LogP contribution in [0.15, 0.2) is 42.9 Å². The Balaban J connectivity index is 1.18. The van der Waals surface area contributed by atoms with Gasteiger partial charge < -0.3 is 10.1 Å². The lowest BCUT2D eigenvalue weighted by atomic mass is 9.97. The molecule has 2 fully saturated rings. The summed E-state index contributed by atoms with van der Waals surface area (Å²) in [6.07, 6.45) is 0.262. The van der Waals surface area contributed by atoms with Crippen molar-refractivity contribution in [1.29, 1.82) is 0 Å². The summed E-state index contributed by atoms with van der Waals surface area (Å²) in [7, 11) is 0. The normalized spacial score (nSPS) is 25.4. The molecular weight excluding hydrogens is 428 g/mol. The van der Waals surface area contributed by atoms with Crippen LogP contribution in [0.25, 0.3) is 10.9 Å². The van der Waals surface area contributed by atoms with Crippen molar-refractivity contribution >= 4 is 22.5 Å². The Bertz CT molecular complexity index is 1170. The van der Waals surface area contributed by atoms with Crippen LogP contribution in [0.5, 0.6) is 5.75 Å². The molecule has 2 heterocycles. The molecule has 0 radical (unpaired) electrons. The van der Waals surface area contributed by atoms with Crippen molar-refractivity contribution in [3.63, 3.8) is 0 Å². The van der Waals surface area contributed by atoms with Gasteiger partial charge in [0.1, 0.15) is 11.6 Å². The molecule has 1 N–H and O–H groups in total. The van der Waals surface area contributed by atoms with E-state index in [1.165, 1.54) is 12.1 Å². The minimum Gasteiger partial charge on any atom is -0.490 e. The average molecular weight is 448 g/mol. The minimum atomic E-state index is -4.62. The summed E-state index contributed by atoms with van der Waals surface area (Å²) in [6.45, 7) is 1.79. The average Bonchev–Trinajstić information content (AvgIpc) is 3.08. The van der Waals surface area contributed by atoms with E-state index < -0.39 is 6.30 Å². The van der Waals surface area contributed by atoms with Crippen molar-refractivity contribution in [2.75, 3.05) is 5.32 Å². The number of halogens is 4. The summed E-state index contributed by atoms with van der Waals surface area (Å²) in [5.74, 6) is 0.386. The molecule has 2 aromatic heterocycles. The molecule has 0 aliphatic heterocycles. The molecule has 0 saturated heterocycles. The fourth-order valence-electron chi connectivity index (χ4n) is 5.01. The summed E-state index contributed by atoms with van der Waals surface area (Å²) in [4.78, 5) is 16.8. The molecule has 2 aliphatic carbocycles. The van der Waals surface area contributed by atoms with Gasteiger partial charge in [0.25, 0.3) is 0 Å². The molecule has 2 aliphatic rings. The van der Waals surface area contributed by atoms with Crippen LogP contribution in [-0.4, -0.2) is 26.8 Å². The number of nitrogens with one attached hydrogen (secondary N) is 1. The summed E-state index contributed by atoms with van der Waals surface area (Å²) in [6, 6.07) is 6.09. The first-order valence-corrected chi connectivity index (χ1v) is 10.3. The Morgan fingerprint density at radius 1 is 1.25 bits per heavy atom. The van der Waals surface area contributed by atoms with Gasteiger partial charge >= 0.3 is 6.30 Å². The van der Waals surface area contributed by atoms with Gasteiger partial charge in [-0.1, -0.05) is 6.92 Å². The number of fused-ring (bicyclic) bond motifs is 2. The van der Waals surface area contributed by atoms with Crippen molar-refractivity contribution < 1.29 is 27.1 Å². The fourth-order valence-corrected chi connectivity index (χ4v) is 5.01. The highest BCUT2D eigenvalue weighted by molar-refractivity contribution is 5.92. The van der Waals surface area contributed by atoms with Crippen molar-refractivity contribution in [2.24, 2.45) is 23.7 Å². The molecule has 32 heavy (non-hydrogen) atoms. The van der Waals surface area contributed by atoms with Crippen LogP contribution in [0.3, 0.4) is 0 Å². The van der Waals surface area contributed by atoms with Gasteiger partial charge in [-0.3, -0.25) is 9.78 Å². The second kappa shape index (κ2) is 7.46. The number of carbonyl (C=O) groups is 1. The van der Waals surface area contributed by atoms with Crippen LogP contribution in [0, 0.1) is 29.5 Å². The topological polar surface area (TPSA) is 69.0 Å². The molecular formula is C22H20F4N4O2. The smallest absolute Gasteiger partial charge is 0.490 e. The van der Waals surface area contributed by atoms with E-state index in [2.05, 4.69) is 15.4 Å². The maximum absolute atomic E-state index is 13.6. The predicted molar refractivity (Wildman–Crippen MR) is 107 cm³/mol. The number of hydrogen-bond donors (Lipinski definition) is 1. The molecule has 5 atom stereocenters. The van der Waals surface area contributed by atoms with E-state index in [1.807, 2.05) is 0 Å². The van der Waals surface area contributed by atoms with Gasteiger partial charge in [0.2, 0.25) is 5.91 Å². The van der Waals surface area contributed by atoms with E-state index in [-0.39, 0.29) is 40.0 Å². The van der Waals surface area contributed by atoms with E-state index in [0.717, 1.165) is 25.2 Å². The summed E-state index contributed by atoms with van der Waals surface area (Å²) in [5.41, 5.74) is 0.673. The first-order valence-electron chi connectivity index (χ1n) is 10.3. The van der Waals surface area contributed by atoms with Gasteiger partial charge in [-0.15, -0.1) is 13.2 Å². The lowest BCUT2D eigenvalue weighted by molar-refractivity contribution is -0.212. The number of benzene rings is 1. The van der Waals surface area contributed by atoms with Crippen LogP contribution >= 0.6 is 0 Å². The number of aromatic nitrogens is 3. The van der Waals surface area contributed by atoms with Crippen LogP contribution in [-0.2, 0) is 11.1 Å². The highest BCUT2D eigenvalue weighted by atomic mass is 19.4. The Morgan fingerprint density at radius 3 is 2.69 bits per heavy atom. The van der Waals surface area contributed by atoms with E-state index in [9.17, 15) is 22.4 Å². The molecule has 1 aromatic carbocycles. The van der Waals surface area contributed by atoms with Crippen molar-refractivity contribution in [3.8, 4) is 5.75 Å². The maximum Gasteiger partial charge on any atom is 0.504 e. The lowest BCUT2D eigenvalue weighted by Gasteiger charge is -2.20. The number of carbonyl (C=O) groups excluding carboxylic acids is 1. The van der Waals surface area contributed by atoms with Crippen LogP contribution < -0.4 is 10.1 Å². The molecule has 2 saturated carbocycles. The summed E-state index contributed by atoms with van der Waals surface area (Å²) < 4.78 is 57.6. The quantitative estimate of drug-likeness (QED) is 0.574. The lowest BCUT2D eigenvalue weighted by Crippen LogP contribution is -2.25. The Kier molecular flexibility index (Phi) is 4.83. The zero-order chi connectivity index (χ0) is 22.6. The van der Waals surface area contributed by atoms with Gasteiger partial charge in [0, 0.05) is 17.5 Å². The van der Waals surface area contributed by atoms with Crippen LogP contribution in [0.2, 0.25) is 0 Å². The van der Waals surface area contributed by atoms with E-state index in [0.29, 0.717) is 28.5 Å². The van der Waals surface area contributed by atoms with Gasteiger partial charge in [-0.25, -0.2) is 4.39 Å². The maximum atomic E-state index is 13.6. The summed E-state index contributed by atoms with van der Waals surface area (Å²) in [5, 5.41) is 6.37. The van der Waals surface area contributed by atoms with E-state index in [1.54, 1.807) is 25.3 Å². The molecule has 1 amide bonds. The molecule has 6 nitrogen and oxygen atoms in total. The predicted octanol–water partition coefficient (Wildman–Crippen LogP) is 4.72. The Labute approximate surface area is 180 Å². The van der Waals surface area contributed by atoms with Gasteiger partial charge in [0.05, 0.1) is 29.7 Å². The molecule has 0 bridgehead atoms. The van der Waals surface area contributed by atoms with Gasteiger partial charge in [-0.2, -0.15) is 9.78 Å². The first kappa shape index (κ1) is 20.7. The molecule has 5 rings (SSSR count). The SMILES string of the molecule is CC(C(=O)Nc1cnn(C(F)(F)F)c1)[C@@H]1[C@@H]2C[C@@H](Oc3ccnc4ccc(F)cc34)C[C@@H]21. The number of alkyl halides is 3. The largest absolute Gasteiger partial charge is 0.504 e. The van der Waals surface area contributed by atoms with E-state index >= 15 is 0 Å². The zero-order valence-electron chi connectivity index (χ0n) is 17.0. The number of nitrogens with zero attached hydrogens (tertiary/aromatic N) is 3. The molecule has 1 unspecified atom stereocenters. The third kappa shape index (κ3) is 3.78. The number of anilines is 1. The number of amides is 1. The first-order chi connectivity index (χ1) is 15.2. The molecule has 3 aromatic rings. The highest BCUT2D eigenvalue weighted by Crippen LogP contribution is 2.61. The standard InChI is InChI=1S/C22H20F4N4O2/c1-11(21(31)29-13-9-28-30(10-13)22(24,25)26)20-15-7-14(8-16(15)20)32-19-4-5-27-18-3-2-12(23)6-17(18)19/h2-6,9-11,14-16,20H,7-8H2,1H3,(H,29,31)/t11?,14-,15-,16+,20-. The number of rotatable bonds is 5. The molecule has 0 spiro atoms. The third-order valence-corrected chi connectivity index (χ3v) is 6.53. The minimum absolute atomic E-state index is 0.0167.